The summed E-state index contributed by atoms with van der Waals surface area (Å²) in [7, 11) is 0. The number of rotatable bonds is 2. The molecule has 0 radical (unpaired) electrons. The fourth-order valence-corrected chi connectivity index (χ4v) is 2.25. The second-order valence-corrected chi connectivity index (χ2v) is 4.16. The molecule has 0 saturated heterocycles. The van der Waals surface area contributed by atoms with Crippen molar-refractivity contribution in [3.05, 3.63) is 34.1 Å². The lowest BCUT2D eigenvalue weighted by atomic mass is 10.1. The lowest BCUT2D eigenvalue weighted by Gasteiger charge is -2.11. The minimum atomic E-state index is -1.23. The summed E-state index contributed by atoms with van der Waals surface area (Å²) in [5, 5.41) is 9.39. The maximum absolute atomic E-state index is 12.1. The predicted molar refractivity (Wildman–Crippen MR) is 67.0 cm³/mol. The monoisotopic (exact) mass is 261 g/mol. The third kappa shape index (κ3) is 1.56. The van der Waals surface area contributed by atoms with Crippen molar-refractivity contribution in [3.63, 3.8) is 0 Å². The Hall–Kier alpha value is -2.50. The van der Waals surface area contributed by atoms with Gasteiger partial charge in [0.1, 0.15) is 5.56 Å². The number of pyridine rings is 1. The van der Waals surface area contributed by atoms with E-state index < -0.39 is 11.4 Å². The van der Waals surface area contributed by atoms with Gasteiger partial charge < -0.3 is 19.1 Å². The lowest BCUT2D eigenvalue weighted by molar-refractivity contribution is 0.0695. The molecule has 1 N–H and O–H groups in total. The van der Waals surface area contributed by atoms with Crippen LogP contribution >= 0.6 is 0 Å². The minimum absolute atomic E-state index is 0.104. The molecule has 1 aliphatic rings. The molecule has 98 valence electrons. The van der Waals surface area contributed by atoms with Gasteiger partial charge in [-0.3, -0.25) is 4.79 Å². The SMILES string of the molecule is CCn1cc(C(=O)O)c(=O)c2ccc3c(c21)OCO3. The first-order chi connectivity index (χ1) is 9.13. The predicted octanol–water partition coefficient (Wildman–Crippen LogP) is 1.45. The quantitative estimate of drug-likeness (QED) is 0.885. The number of carboxylic acid groups (broad SMARTS) is 1. The second-order valence-electron chi connectivity index (χ2n) is 4.16. The summed E-state index contributed by atoms with van der Waals surface area (Å²) in [5.74, 6) is -0.169. The topological polar surface area (TPSA) is 77.8 Å². The molecule has 19 heavy (non-hydrogen) atoms. The van der Waals surface area contributed by atoms with Crippen molar-refractivity contribution in [2.24, 2.45) is 0 Å². The smallest absolute Gasteiger partial charge is 0.341 e. The van der Waals surface area contributed by atoms with Crippen LogP contribution in [0.5, 0.6) is 11.5 Å². The number of carbonyl (C=O) groups is 1. The van der Waals surface area contributed by atoms with Gasteiger partial charge in [0.25, 0.3) is 0 Å². The van der Waals surface area contributed by atoms with Gasteiger partial charge in [-0.1, -0.05) is 0 Å². The number of benzene rings is 1. The van der Waals surface area contributed by atoms with Crippen molar-refractivity contribution in [2.75, 3.05) is 6.79 Å². The average Bonchev–Trinajstić information content (AvgIpc) is 2.87. The Morgan fingerprint density at radius 1 is 1.42 bits per heavy atom. The van der Waals surface area contributed by atoms with E-state index >= 15 is 0 Å². The second kappa shape index (κ2) is 4.01. The minimum Gasteiger partial charge on any atom is -0.477 e. The molecule has 2 heterocycles. The molecule has 6 nitrogen and oxygen atoms in total. The Kier molecular flexibility index (Phi) is 2.45. The largest absolute Gasteiger partial charge is 0.477 e. The summed E-state index contributed by atoms with van der Waals surface area (Å²) in [4.78, 5) is 23.2. The molecule has 6 heteroatoms. The van der Waals surface area contributed by atoms with Crippen LogP contribution in [0.3, 0.4) is 0 Å². The van der Waals surface area contributed by atoms with E-state index in [0.29, 0.717) is 28.9 Å². The third-order valence-electron chi connectivity index (χ3n) is 3.15. The molecular weight excluding hydrogens is 250 g/mol. The van der Waals surface area contributed by atoms with Gasteiger partial charge in [-0.05, 0) is 19.1 Å². The molecule has 0 unspecified atom stereocenters. The van der Waals surface area contributed by atoms with Crippen LogP contribution in [0.1, 0.15) is 17.3 Å². The van der Waals surface area contributed by atoms with E-state index in [1.165, 1.54) is 6.20 Å². The van der Waals surface area contributed by atoms with E-state index in [1.807, 2.05) is 6.92 Å². The van der Waals surface area contributed by atoms with E-state index in [-0.39, 0.29) is 12.4 Å². The van der Waals surface area contributed by atoms with Crippen molar-refractivity contribution in [3.8, 4) is 11.5 Å². The van der Waals surface area contributed by atoms with Gasteiger partial charge in [-0.2, -0.15) is 0 Å². The molecule has 0 spiro atoms. The van der Waals surface area contributed by atoms with Gasteiger partial charge in [0.05, 0.1) is 10.9 Å². The molecule has 0 amide bonds. The molecule has 3 rings (SSSR count). The maximum Gasteiger partial charge on any atom is 0.341 e. The average molecular weight is 261 g/mol. The van der Waals surface area contributed by atoms with Gasteiger partial charge in [0, 0.05) is 12.7 Å². The first-order valence-corrected chi connectivity index (χ1v) is 5.82. The van der Waals surface area contributed by atoms with E-state index in [4.69, 9.17) is 14.6 Å². The molecule has 0 atom stereocenters. The van der Waals surface area contributed by atoms with Crippen LogP contribution in [0.15, 0.2) is 23.1 Å². The van der Waals surface area contributed by atoms with Gasteiger partial charge in [-0.25, -0.2) is 4.79 Å². The Balaban J connectivity index is 2.48. The van der Waals surface area contributed by atoms with Crippen LogP contribution in [-0.4, -0.2) is 22.4 Å². The molecule has 1 aliphatic heterocycles. The summed E-state index contributed by atoms with van der Waals surface area (Å²) in [5.41, 5.74) is -0.175. The normalized spacial score (nSPS) is 12.9. The van der Waals surface area contributed by atoms with Crippen molar-refractivity contribution >= 4 is 16.9 Å². The zero-order chi connectivity index (χ0) is 13.6. The van der Waals surface area contributed by atoms with Crippen LogP contribution in [0.25, 0.3) is 10.9 Å². The number of hydrogen-bond acceptors (Lipinski definition) is 4. The van der Waals surface area contributed by atoms with Gasteiger partial charge >= 0.3 is 5.97 Å². The summed E-state index contributed by atoms with van der Waals surface area (Å²) < 4.78 is 12.3. The number of carboxylic acids is 1. The fraction of sp³-hybridized carbons (Fsp3) is 0.231. The number of aromatic nitrogens is 1. The van der Waals surface area contributed by atoms with Gasteiger partial charge in [0.2, 0.25) is 12.2 Å². The van der Waals surface area contributed by atoms with E-state index in [1.54, 1.807) is 16.7 Å². The zero-order valence-corrected chi connectivity index (χ0v) is 10.2. The van der Waals surface area contributed by atoms with Gasteiger partial charge in [0.15, 0.2) is 11.5 Å². The molecule has 0 fully saturated rings. The lowest BCUT2D eigenvalue weighted by Crippen LogP contribution is -2.18. The summed E-state index contributed by atoms with van der Waals surface area (Å²) in [6.45, 7) is 2.49. The van der Waals surface area contributed by atoms with Crippen LogP contribution in [0.2, 0.25) is 0 Å². The Labute approximate surface area is 107 Å². The van der Waals surface area contributed by atoms with Crippen LogP contribution < -0.4 is 14.9 Å². The molecule has 0 saturated carbocycles. The number of aromatic carboxylic acids is 1. The number of aryl methyl sites for hydroxylation is 1. The highest BCUT2D eigenvalue weighted by Crippen LogP contribution is 2.38. The fourth-order valence-electron chi connectivity index (χ4n) is 2.25. The maximum atomic E-state index is 12.1. The Morgan fingerprint density at radius 3 is 2.89 bits per heavy atom. The van der Waals surface area contributed by atoms with Crippen molar-refractivity contribution in [2.45, 2.75) is 13.5 Å². The first-order valence-electron chi connectivity index (χ1n) is 5.82. The summed E-state index contributed by atoms with van der Waals surface area (Å²) >= 11 is 0. The molecule has 0 aliphatic carbocycles. The first kappa shape index (κ1) is 11.6. The molecule has 1 aromatic heterocycles. The number of hydrogen-bond donors (Lipinski definition) is 1. The number of fused-ring (bicyclic) bond motifs is 3. The molecule has 0 bridgehead atoms. The summed E-state index contributed by atoms with van der Waals surface area (Å²) in [6, 6.07) is 3.20. The van der Waals surface area contributed by atoms with E-state index in [0.717, 1.165) is 0 Å². The van der Waals surface area contributed by atoms with Crippen molar-refractivity contribution in [1.29, 1.82) is 0 Å². The Morgan fingerprint density at radius 2 is 2.21 bits per heavy atom. The standard InChI is InChI=1S/C13H11NO5/c1-2-14-5-8(13(16)17)11(15)7-3-4-9-12(10(7)14)19-6-18-9/h3-5H,2,6H2,1H3,(H,16,17). The van der Waals surface area contributed by atoms with Gasteiger partial charge in [-0.15, -0.1) is 0 Å². The van der Waals surface area contributed by atoms with Crippen LogP contribution in [-0.2, 0) is 6.54 Å². The van der Waals surface area contributed by atoms with Crippen LogP contribution in [0, 0.1) is 0 Å². The third-order valence-corrected chi connectivity index (χ3v) is 3.15. The number of nitrogens with zero attached hydrogens (tertiary/aromatic N) is 1. The van der Waals surface area contributed by atoms with Crippen LogP contribution in [0.4, 0.5) is 0 Å². The highest BCUT2D eigenvalue weighted by atomic mass is 16.7. The summed E-state index contributed by atoms with van der Waals surface area (Å²) in [6.07, 6.45) is 1.34. The highest BCUT2D eigenvalue weighted by Gasteiger charge is 2.22. The highest BCUT2D eigenvalue weighted by molar-refractivity contribution is 5.95. The van der Waals surface area contributed by atoms with Crippen molar-refractivity contribution in [1.82, 2.24) is 4.57 Å². The van der Waals surface area contributed by atoms with E-state index in [2.05, 4.69) is 0 Å². The van der Waals surface area contributed by atoms with E-state index in [9.17, 15) is 9.59 Å². The Bertz CT molecular complexity index is 747. The number of ether oxygens (including phenoxy) is 2. The molecular formula is C13H11NO5. The molecule has 2 aromatic rings. The molecule has 1 aromatic carbocycles. The zero-order valence-electron chi connectivity index (χ0n) is 10.2. The van der Waals surface area contributed by atoms with Crippen molar-refractivity contribution < 1.29 is 19.4 Å².